The van der Waals surface area contributed by atoms with Crippen molar-refractivity contribution in [3.05, 3.63) is 72.1 Å². The van der Waals surface area contributed by atoms with Crippen LogP contribution in [0.5, 0.6) is 11.5 Å². The molecule has 1 saturated carbocycles. The maximum absolute atomic E-state index is 8.80. The van der Waals surface area contributed by atoms with Crippen LogP contribution in [0.2, 0.25) is 0 Å². The van der Waals surface area contributed by atoms with Crippen LogP contribution in [0.1, 0.15) is 36.8 Å². The lowest BCUT2D eigenvalue weighted by molar-refractivity contribution is 0.0717. The third-order valence-electron chi connectivity index (χ3n) is 6.61. The molecule has 1 aliphatic carbocycles. The SMILES string of the molecule is N=C(c1ccc(Oc2ccccc2)cc1)c1c(N)ncnc1NC1CC2(CCNCC2)C1. The molecule has 2 fully saturated rings. The first-order valence-electron chi connectivity index (χ1n) is 11.1. The molecule has 1 aliphatic heterocycles. The van der Waals surface area contributed by atoms with E-state index in [0.29, 0.717) is 40.1 Å². The van der Waals surface area contributed by atoms with Crippen molar-refractivity contribution in [2.24, 2.45) is 5.41 Å². The van der Waals surface area contributed by atoms with Gasteiger partial charge in [-0.2, -0.15) is 0 Å². The minimum atomic E-state index is 0.299. The van der Waals surface area contributed by atoms with Crippen molar-refractivity contribution in [2.75, 3.05) is 24.1 Å². The maximum Gasteiger partial charge on any atom is 0.141 e. The van der Waals surface area contributed by atoms with Crippen molar-refractivity contribution in [2.45, 2.75) is 31.7 Å². The van der Waals surface area contributed by atoms with Crippen molar-refractivity contribution >= 4 is 17.3 Å². The molecule has 3 aromatic rings. The van der Waals surface area contributed by atoms with Gasteiger partial charge in [0.25, 0.3) is 0 Å². The van der Waals surface area contributed by atoms with E-state index in [4.69, 9.17) is 15.9 Å². The second-order valence-corrected chi connectivity index (χ2v) is 8.80. The van der Waals surface area contributed by atoms with E-state index in [1.807, 2.05) is 54.6 Å². The molecular formula is C25H28N6O. The van der Waals surface area contributed by atoms with Gasteiger partial charge in [0, 0.05) is 11.6 Å². The van der Waals surface area contributed by atoms with Crippen LogP contribution in [-0.2, 0) is 0 Å². The fourth-order valence-electron chi connectivity index (χ4n) is 4.86. The van der Waals surface area contributed by atoms with E-state index in [0.717, 1.165) is 37.2 Å². The highest BCUT2D eigenvalue weighted by Gasteiger charge is 2.44. The fourth-order valence-corrected chi connectivity index (χ4v) is 4.86. The average molecular weight is 429 g/mol. The van der Waals surface area contributed by atoms with Crippen LogP contribution < -0.4 is 21.1 Å². The predicted octanol–water partition coefficient (Wildman–Crippen LogP) is 4.21. The van der Waals surface area contributed by atoms with Gasteiger partial charge in [-0.25, -0.2) is 9.97 Å². The lowest BCUT2D eigenvalue weighted by atomic mass is 9.60. The Labute approximate surface area is 187 Å². The number of nitrogens with two attached hydrogens (primary N) is 1. The summed E-state index contributed by atoms with van der Waals surface area (Å²) in [6.45, 7) is 2.21. The summed E-state index contributed by atoms with van der Waals surface area (Å²) >= 11 is 0. The van der Waals surface area contributed by atoms with Crippen molar-refractivity contribution in [3.63, 3.8) is 0 Å². The number of anilines is 2. The molecule has 7 heteroatoms. The Balaban J connectivity index is 1.30. The Kier molecular flexibility index (Phi) is 5.49. The monoisotopic (exact) mass is 428 g/mol. The molecule has 0 amide bonds. The third-order valence-corrected chi connectivity index (χ3v) is 6.61. The number of hydrogen-bond donors (Lipinski definition) is 4. The summed E-state index contributed by atoms with van der Waals surface area (Å²) in [6.07, 6.45) is 6.20. The number of ether oxygens (including phenoxy) is 1. The number of piperidine rings is 1. The van der Waals surface area contributed by atoms with Crippen molar-refractivity contribution < 1.29 is 4.74 Å². The molecule has 0 unspecified atom stereocenters. The molecule has 1 aromatic heterocycles. The molecular weight excluding hydrogens is 400 g/mol. The predicted molar refractivity (Wildman–Crippen MR) is 127 cm³/mol. The number of aromatic nitrogens is 2. The second-order valence-electron chi connectivity index (χ2n) is 8.80. The Morgan fingerprint density at radius 2 is 1.69 bits per heavy atom. The number of para-hydroxylation sites is 1. The molecule has 1 spiro atoms. The van der Waals surface area contributed by atoms with E-state index in [1.54, 1.807) is 0 Å². The molecule has 1 saturated heterocycles. The van der Waals surface area contributed by atoms with E-state index in [1.165, 1.54) is 19.2 Å². The molecule has 32 heavy (non-hydrogen) atoms. The lowest BCUT2D eigenvalue weighted by Crippen LogP contribution is -2.50. The summed E-state index contributed by atoms with van der Waals surface area (Å²) in [7, 11) is 0. The largest absolute Gasteiger partial charge is 0.457 e. The van der Waals surface area contributed by atoms with E-state index >= 15 is 0 Å². The first-order chi connectivity index (χ1) is 15.6. The summed E-state index contributed by atoms with van der Waals surface area (Å²) in [5.41, 5.74) is 8.25. The number of hydrogen-bond acceptors (Lipinski definition) is 7. The summed E-state index contributed by atoms with van der Waals surface area (Å²) in [6, 6.07) is 17.4. The minimum Gasteiger partial charge on any atom is -0.457 e. The molecule has 7 nitrogen and oxygen atoms in total. The van der Waals surface area contributed by atoms with Gasteiger partial charge in [-0.3, -0.25) is 5.41 Å². The van der Waals surface area contributed by atoms with Gasteiger partial charge in [0.05, 0.1) is 11.3 Å². The standard InChI is InChI=1S/C25H28N6O/c26-22(17-6-8-20(9-7-17)32-19-4-2-1-3-5-19)21-23(27)29-16-30-24(21)31-18-14-25(15-18)10-12-28-13-11-25/h1-9,16,18,26,28H,10-15H2,(H3,27,29,30,31). The molecule has 0 radical (unpaired) electrons. The van der Waals surface area contributed by atoms with Gasteiger partial charge in [0.1, 0.15) is 29.5 Å². The van der Waals surface area contributed by atoms with E-state index in [9.17, 15) is 0 Å². The zero-order valence-corrected chi connectivity index (χ0v) is 18.0. The smallest absolute Gasteiger partial charge is 0.141 e. The van der Waals surface area contributed by atoms with Crippen LogP contribution in [0.3, 0.4) is 0 Å². The van der Waals surface area contributed by atoms with Gasteiger partial charge in [0.2, 0.25) is 0 Å². The Hall–Kier alpha value is -3.45. The quantitative estimate of drug-likeness (QED) is 0.438. The normalized spacial score (nSPS) is 17.5. The fraction of sp³-hybridized carbons (Fsp3) is 0.320. The van der Waals surface area contributed by atoms with Crippen LogP contribution in [0.4, 0.5) is 11.6 Å². The summed E-state index contributed by atoms with van der Waals surface area (Å²) in [5.74, 6) is 2.44. The highest BCUT2D eigenvalue weighted by molar-refractivity contribution is 6.16. The van der Waals surface area contributed by atoms with Crippen LogP contribution in [0, 0.1) is 10.8 Å². The molecule has 0 atom stereocenters. The van der Waals surface area contributed by atoms with E-state index in [2.05, 4.69) is 20.6 Å². The average Bonchev–Trinajstić information content (AvgIpc) is 2.80. The Morgan fingerprint density at radius 3 is 2.41 bits per heavy atom. The first kappa shape index (κ1) is 20.5. The highest BCUT2D eigenvalue weighted by Crippen LogP contribution is 2.49. The zero-order valence-electron chi connectivity index (χ0n) is 18.0. The summed E-state index contributed by atoms with van der Waals surface area (Å²) < 4.78 is 5.86. The Bertz CT molecular complexity index is 1090. The van der Waals surface area contributed by atoms with E-state index in [-0.39, 0.29) is 0 Å². The van der Waals surface area contributed by atoms with Gasteiger partial charge in [-0.15, -0.1) is 0 Å². The summed E-state index contributed by atoms with van der Waals surface area (Å²) in [4.78, 5) is 8.58. The van der Waals surface area contributed by atoms with Gasteiger partial charge >= 0.3 is 0 Å². The van der Waals surface area contributed by atoms with Crippen molar-refractivity contribution in [1.82, 2.24) is 15.3 Å². The maximum atomic E-state index is 8.80. The number of rotatable bonds is 6. The van der Waals surface area contributed by atoms with Crippen LogP contribution in [0.15, 0.2) is 60.9 Å². The summed E-state index contributed by atoms with van der Waals surface area (Å²) in [5, 5.41) is 15.8. The zero-order chi connectivity index (χ0) is 22.0. The van der Waals surface area contributed by atoms with Crippen LogP contribution in [-0.4, -0.2) is 34.8 Å². The highest BCUT2D eigenvalue weighted by atomic mass is 16.5. The number of benzene rings is 2. The van der Waals surface area contributed by atoms with Gasteiger partial charge in [-0.1, -0.05) is 18.2 Å². The van der Waals surface area contributed by atoms with Gasteiger partial charge in [-0.05, 0) is 80.6 Å². The molecule has 164 valence electrons. The molecule has 2 heterocycles. The van der Waals surface area contributed by atoms with Crippen LogP contribution in [0.25, 0.3) is 0 Å². The Morgan fingerprint density at radius 1 is 1.00 bits per heavy atom. The number of nitrogen functional groups attached to an aromatic ring is 1. The van der Waals surface area contributed by atoms with Crippen molar-refractivity contribution in [1.29, 1.82) is 5.41 Å². The van der Waals surface area contributed by atoms with Crippen LogP contribution >= 0.6 is 0 Å². The van der Waals surface area contributed by atoms with E-state index < -0.39 is 0 Å². The molecule has 5 N–H and O–H groups in total. The second kappa shape index (κ2) is 8.59. The number of nitrogens with one attached hydrogen (secondary N) is 3. The molecule has 5 rings (SSSR count). The number of nitrogens with zero attached hydrogens (tertiary/aromatic N) is 2. The van der Waals surface area contributed by atoms with Gasteiger partial charge < -0.3 is 21.1 Å². The van der Waals surface area contributed by atoms with Gasteiger partial charge in [0.15, 0.2) is 0 Å². The van der Waals surface area contributed by atoms with Crippen molar-refractivity contribution in [3.8, 4) is 11.5 Å². The molecule has 0 bridgehead atoms. The lowest BCUT2D eigenvalue weighted by Gasteiger charge is -2.50. The molecule has 2 aliphatic rings. The topological polar surface area (TPSA) is 109 Å². The third kappa shape index (κ3) is 4.16. The minimum absolute atomic E-state index is 0.299. The molecule has 2 aromatic carbocycles. The first-order valence-corrected chi connectivity index (χ1v) is 11.1.